The first-order valence-electron chi connectivity index (χ1n) is 7.96. The van der Waals surface area contributed by atoms with Gasteiger partial charge in [0.1, 0.15) is 11.5 Å². The molecule has 0 saturated carbocycles. The number of benzene rings is 1. The van der Waals surface area contributed by atoms with Gasteiger partial charge in [0, 0.05) is 24.8 Å². The highest BCUT2D eigenvalue weighted by Gasteiger charge is 2.24. The van der Waals surface area contributed by atoms with Crippen molar-refractivity contribution in [2.24, 2.45) is 0 Å². The number of nitrogens with zero attached hydrogens (tertiary/aromatic N) is 2. The Morgan fingerprint density at radius 2 is 2.26 bits per heavy atom. The fourth-order valence-electron chi connectivity index (χ4n) is 2.84. The van der Waals surface area contributed by atoms with E-state index in [0.29, 0.717) is 6.54 Å². The van der Waals surface area contributed by atoms with Crippen molar-refractivity contribution in [1.82, 2.24) is 10.5 Å². The molecule has 1 unspecified atom stereocenters. The third-order valence-electron chi connectivity index (χ3n) is 4.03. The number of hydrogen-bond acceptors (Lipinski definition) is 4. The Morgan fingerprint density at radius 3 is 2.96 bits per heavy atom. The molecule has 3 rings (SSSR count). The van der Waals surface area contributed by atoms with Gasteiger partial charge >= 0.3 is 6.03 Å². The van der Waals surface area contributed by atoms with Gasteiger partial charge in [-0.25, -0.2) is 4.79 Å². The minimum absolute atomic E-state index is 0.0322. The van der Waals surface area contributed by atoms with Crippen molar-refractivity contribution in [3.63, 3.8) is 0 Å². The number of anilines is 2. The monoisotopic (exact) mass is 314 g/mol. The van der Waals surface area contributed by atoms with Crippen LogP contribution >= 0.6 is 0 Å². The Hall–Kier alpha value is -2.50. The van der Waals surface area contributed by atoms with E-state index in [1.807, 2.05) is 39.0 Å². The van der Waals surface area contributed by atoms with Gasteiger partial charge < -0.3 is 15.2 Å². The molecule has 0 saturated heterocycles. The van der Waals surface area contributed by atoms with Crippen LogP contribution in [0.4, 0.5) is 16.2 Å². The van der Waals surface area contributed by atoms with Crippen LogP contribution in [0.1, 0.15) is 36.9 Å². The number of fused-ring (bicyclic) bond motifs is 1. The standard InChI is InChI=1S/C17H22N4O2/c1-4-18-17(22)21-8-7-13-5-6-14(10-16(13)21)19-12(3)15-9-11(2)23-20-15/h5-6,9-10,12,19H,4,7-8H2,1-3H3,(H,18,22). The fraction of sp³-hybridized carbons (Fsp3) is 0.412. The minimum atomic E-state index is -0.0384. The van der Waals surface area contributed by atoms with Gasteiger partial charge in [0.2, 0.25) is 0 Å². The van der Waals surface area contributed by atoms with Gasteiger partial charge in [0.15, 0.2) is 0 Å². The zero-order valence-corrected chi connectivity index (χ0v) is 13.7. The number of carbonyl (C=O) groups is 1. The van der Waals surface area contributed by atoms with Crippen LogP contribution in [0.25, 0.3) is 0 Å². The Balaban J connectivity index is 1.78. The summed E-state index contributed by atoms with van der Waals surface area (Å²) in [6, 6.07) is 8.07. The van der Waals surface area contributed by atoms with Crippen LogP contribution in [-0.2, 0) is 6.42 Å². The smallest absolute Gasteiger partial charge is 0.321 e. The molecule has 1 atom stereocenters. The van der Waals surface area contributed by atoms with E-state index in [0.717, 1.165) is 35.8 Å². The first kappa shape index (κ1) is 15.4. The van der Waals surface area contributed by atoms with Crippen molar-refractivity contribution in [3.05, 3.63) is 41.3 Å². The molecule has 0 aliphatic carbocycles. The van der Waals surface area contributed by atoms with Gasteiger partial charge in [0.25, 0.3) is 0 Å². The number of carbonyl (C=O) groups excluding carboxylic acids is 1. The molecular weight excluding hydrogens is 292 g/mol. The molecule has 0 fully saturated rings. The maximum atomic E-state index is 12.1. The lowest BCUT2D eigenvalue weighted by atomic mass is 10.1. The maximum Gasteiger partial charge on any atom is 0.321 e. The molecule has 2 N–H and O–H groups in total. The highest BCUT2D eigenvalue weighted by molar-refractivity contribution is 5.94. The van der Waals surface area contributed by atoms with E-state index in [2.05, 4.69) is 21.9 Å². The van der Waals surface area contributed by atoms with Gasteiger partial charge in [0.05, 0.1) is 11.7 Å². The molecule has 122 valence electrons. The van der Waals surface area contributed by atoms with Crippen molar-refractivity contribution < 1.29 is 9.32 Å². The predicted octanol–water partition coefficient (Wildman–Crippen LogP) is 3.25. The molecule has 1 aliphatic rings. The average molecular weight is 314 g/mol. The SMILES string of the molecule is CCNC(=O)N1CCc2ccc(NC(C)c3cc(C)on3)cc21. The minimum Gasteiger partial charge on any atom is -0.377 e. The molecule has 1 aliphatic heterocycles. The molecule has 1 aromatic heterocycles. The number of urea groups is 1. The summed E-state index contributed by atoms with van der Waals surface area (Å²) in [5.41, 5.74) is 4.01. The molecule has 6 heteroatoms. The lowest BCUT2D eigenvalue weighted by Gasteiger charge is -2.19. The third-order valence-corrected chi connectivity index (χ3v) is 4.03. The molecule has 6 nitrogen and oxygen atoms in total. The highest BCUT2D eigenvalue weighted by Crippen LogP contribution is 2.32. The summed E-state index contributed by atoms with van der Waals surface area (Å²) in [5.74, 6) is 0.796. The van der Waals surface area contributed by atoms with Crippen LogP contribution < -0.4 is 15.5 Å². The molecule has 0 bridgehead atoms. The van der Waals surface area contributed by atoms with Crippen LogP contribution in [0.2, 0.25) is 0 Å². The van der Waals surface area contributed by atoms with Crippen LogP contribution in [0, 0.1) is 6.92 Å². The molecular formula is C17H22N4O2. The topological polar surface area (TPSA) is 70.4 Å². The van der Waals surface area contributed by atoms with Gasteiger partial charge in [-0.05, 0) is 44.9 Å². The summed E-state index contributed by atoms with van der Waals surface area (Å²) in [6.07, 6.45) is 0.894. The fourth-order valence-corrected chi connectivity index (χ4v) is 2.84. The molecule has 2 aromatic rings. The summed E-state index contributed by atoms with van der Waals surface area (Å²) in [5, 5.41) is 10.3. The molecule has 2 amide bonds. The quantitative estimate of drug-likeness (QED) is 0.909. The van der Waals surface area contributed by atoms with Crippen molar-refractivity contribution in [3.8, 4) is 0 Å². The van der Waals surface area contributed by atoms with Crippen LogP contribution in [-0.4, -0.2) is 24.3 Å². The number of nitrogens with one attached hydrogen (secondary N) is 2. The lowest BCUT2D eigenvalue weighted by molar-refractivity contribution is 0.247. The second-order valence-corrected chi connectivity index (χ2v) is 5.81. The van der Waals surface area contributed by atoms with E-state index in [4.69, 9.17) is 4.52 Å². The van der Waals surface area contributed by atoms with Crippen LogP contribution in [0.3, 0.4) is 0 Å². The van der Waals surface area contributed by atoms with E-state index in [1.54, 1.807) is 4.90 Å². The van der Waals surface area contributed by atoms with Crippen LogP contribution in [0.5, 0.6) is 0 Å². The highest BCUT2D eigenvalue weighted by atomic mass is 16.5. The first-order valence-corrected chi connectivity index (χ1v) is 7.96. The van der Waals surface area contributed by atoms with Crippen molar-refractivity contribution >= 4 is 17.4 Å². The Kier molecular flexibility index (Phi) is 4.23. The normalized spacial score (nSPS) is 14.5. The van der Waals surface area contributed by atoms with E-state index < -0.39 is 0 Å². The maximum absolute atomic E-state index is 12.1. The zero-order chi connectivity index (χ0) is 16.4. The summed E-state index contributed by atoms with van der Waals surface area (Å²) in [4.78, 5) is 13.9. The molecule has 2 heterocycles. The first-order chi connectivity index (χ1) is 11.1. The summed E-state index contributed by atoms with van der Waals surface area (Å²) < 4.78 is 5.12. The molecule has 0 spiro atoms. The molecule has 1 aromatic carbocycles. The Bertz CT molecular complexity index is 710. The summed E-state index contributed by atoms with van der Waals surface area (Å²) in [7, 11) is 0. The second kappa shape index (κ2) is 6.32. The number of rotatable bonds is 4. The van der Waals surface area contributed by atoms with Gasteiger partial charge in [-0.15, -0.1) is 0 Å². The average Bonchev–Trinajstić information content (AvgIpc) is 3.13. The predicted molar refractivity (Wildman–Crippen MR) is 89.8 cm³/mol. The van der Waals surface area contributed by atoms with Crippen molar-refractivity contribution in [2.75, 3.05) is 23.3 Å². The Labute approximate surface area is 135 Å². The molecule has 0 radical (unpaired) electrons. The van der Waals surface area contributed by atoms with Gasteiger partial charge in [-0.3, -0.25) is 4.90 Å². The van der Waals surface area contributed by atoms with E-state index in [1.165, 1.54) is 5.56 Å². The number of aryl methyl sites for hydroxylation is 1. The lowest BCUT2D eigenvalue weighted by Crippen LogP contribution is -2.38. The third kappa shape index (κ3) is 3.16. The summed E-state index contributed by atoms with van der Waals surface area (Å²) in [6.45, 7) is 7.19. The van der Waals surface area contributed by atoms with E-state index in [-0.39, 0.29) is 12.1 Å². The van der Waals surface area contributed by atoms with Gasteiger partial charge in [-0.1, -0.05) is 11.2 Å². The van der Waals surface area contributed by atoms with Gasteiger partial charge in [-0.2, -0.15) is 0 Å². The van der Waals surface area contributed by atoms with E-state index in [9.17, 15) is 4.79 Å². The number of amides is 2. The van der Waals surface area contributed by atoms with Crippen molar-refractivity contribution in [1.29, 1.82) is 0 Å². The summed E-state index contributed by atoms with van der Waals surface area (Å²) >= 11 is 0. The Morgan fingerprint density at radius 1 is 1.43 bits per heavy atom. The molecule has 23 heavy (non-hydrogen) atoms. The number of aromatic nitrogens is 1. The largest absolute Gasteiger partial charge is 0.377 e. The zero-order valence-electron chi connectivity index (χ0n) is 13.7. The number of hydrogen-bond donors (Lipinski definition) is 2. The second-order valence-electron chi connectivity index (χ2n) is 5.81. The van der Waals surface area contributed by atoms with Crippen LogP contribution in [0.15, 0.2) is 28.8 Å². The van der Waals surface area contributed by atoms with Crippen molar-refractivity contribution in [2.45, 2.75) is 33.2 Å². The van der Waals surface area contributed by atoms with E-state index >= 15 is 0 Å².